The van der Waals surface area contributed by atoms with Crippen LogP contribution < -0.4 is 11.1 Å². The van der Waals surface area contributed by atoms with Gasteiger partial charge < -0.3 is 15.8 Å². The van der Waals surface area contributed by atoms with Crippen molar-refractivity contribution in [1.29, 1.82) is 0 Å². The second-order valence-electron chi connectivity index (χ2n) is 3.88. The zero-order valence-electron chi connectivity index (χ0n) is 9.71. The molecule has 4 heteroatoms. The third kappa shape index (κ3) is 11.1. The molecule has 4 nitrogen and oxygen atoms in total. The van der Waals surface area contributed by atoms with E-state index in [2.05, 4.69) is 11.9 Å². The van der Waals surface area contributed by atoms with Crippen molar-refractivity contribution >= 4 is 5.91 Å². The highest BCUT2D eigenvalue weighted by atomic mass is 16.5. The van der Waals surface area contributed by atoms with Gasteiger partial charge in [0.15, 0.2) is 0 Å². The zero-order valence-corrected chi connectivity index (χ0v) is 9.71. The molecule has 0 saturated heterocycles. The average Bonchev–Trinajstić information content (AvgIpc) is 2.13. The Bertz CT molecular complexity index is 203. The van der Waals surface area contributed by atoms with Gasteiger partial charge in [-0.1, -0.05) is 12.2 Å². The summed E-state index contributed by atoms with van der Waals surface area (Å²) in [5.74, 6) is 0.0335. The first-order valence-corrected chi connectivity index (χ1v) is 5.26. The molecule has 1 atom stereocenters. The van der Waals surface area contributed by atoms with E-state index in [1.54, 1.807) is 0 Å². The highest BCUT2D eigenvalue weighted by Gasteiger charge is 2.02. The van der Waals surface area contributed by atoms with Crippen LogP contribution in [-0.2, 0) is 9.53 Å². The predicted molar refractivity (Wildman–Crippen MR) is 61.5 cm³/mol. The smallest absolute Gasteiger partial charge is 0.220 e. The Morgan fingerprint density at radius 3 is 2.80 bits per heavy atom. The van der Waals surface area contributed by atoms with Crippen LogP contribution in [0.1, 0.15) is 26.7 Å². The normalized spacial score (nSPS) is 12.2. The van der Waals surface area contributed by atoms with Gasteiger partial charge in [0.1, 0.15) is 0 Å². The Labute approximate surface area is 91.9 Å². The van der Waals surface area contributed by atoms with E-state index in [0.717, 1.165) is 12.0 Å². The first kappa shape index (κ1) is 14.1. The van der Waals surface area contributed by atoms with Gasteiger partial charge in [-0.3, -0.25) is 4.79 Å². The fourth-order valence-corrected chi connectivity index (χ4v) is 0.956. The maximum atomic E-state index is 11.2. The maximum absolute atomic E-state index is 11.2. The van der Waals surface area contributed by atoms with Crippen LogP contribution in [-0.4, -0.2) is 31.7 Å². The van der Waals surface area contributed by atoms with Crippen LogP contribution in [0.3, 0.4) is 0 Å². The summed E-state index contributed by atoms with van der Waals surface area (Å²) < 4.78 is 5.23. The lowest BCUT2D eigenvalue weighted by Gasteiger charge is -2.07. The van der Waals surface area contributed by atoms with Crippen molar-refractivity contribution in [2.45, 2.75) is 32.7 Å². The van der Waals surface area contributed by atoms with E-state index in [1.165, 1.54) is 0 Å². The van der Waals surface area contributed by atoms with Crippen LogP contribution in [0.25, 0.3) is 0 Å². The standard InChI is InChI=1S/C11H22N2O2/c1-9(2)8-15-7-6-13-11(14)5-4-10(3)12/h10H,1,4-8,12H2,2-3H3,(H,13,14). The molecule has 0 aromatic carbocycles. The molecule has 0 aliphatic heterocycles. The molecule has 0 fully saturated rings. The van der Waals surface area contributed by atoms with Crippen molar-refractivity contribution in [3.05, 3.63) is 12.2 Å². The lowest BCUT2D eigenvalue weighted by molar-refractivity contribution is -0.121. The third-order valence-electron chi connectivity index (χ3n) is 1.74. The number of hydrogen-bond acceptors (Lipinski definition) is 3. The van der Waals surface area contributed by atoms with Gasteiger partial charge >= 0.3 is 0 Å². The van der Waals surface area contributed by atoms with Gasteiger partial charge in [-0.2, -0.15) is 0 Å². The minimum Gasteiger partial charge on any atom is -0.375 e. The summed E-state index contributed by atoms with van der Waals surface area (Å²) in [4.78, 5) is 11.2. The van der Waals surface area contributed by atoms with Crippen LogP contribution >= 0.6 is 0 Å². The quantitative estimate of drug-likeness (QED) is 0.464. The van der Waals surface area contributed by atoms with Crippen molar-refractivity contribution in [3.8, 4) is 0 Å². The van der Waals surface area contributed by atoms with Gasteiger partial charge in [0.05, 0.1) is 13.2 Å². The lowest BCUT2D eigenvalue weighted by atomic mass is 10.2. The van der Waals surface area contributed by atoms with E-state index in [4.69, 9.17) is 10.5 Å². The highest BCUT2D eigenvalue weighted by molar-refractivity contribution is 5.75. The highest BCUT2D eigenvalue weighted by Crippen LogP contribution is 1.92. The maximum Gasteiger partial charge on any atom is 0.220 e. The number of nitrogens with two attached hydrogens (primary N) is 1. The van der Waals surface area contributed by atoms with E-state index in [0.29, 0.717) is 26.2 Å². The van der Waals surface area contributed by atoms with Crippen LogP contribution in [0, 0.1) is 0 Å². The average molecular weight is 214 g/mol. The summed E-state index contributed by atoms with van der Waals surface area (Å²) in [6.45, 7) is 9.13. The van der Waals surface area contributed by atoms with E-state index < -0.39 is 0 Å². The largest absolute Gasteiger partial charge is 0.375 e. The fourth-order valence-electron chi connectivity index (χ4n) is 0.956. The number of amides is 1. The minimum atomic E-state index is 0.0335. The number of rotatable bonds is 8. The summed E-state index contributed by atoms with van der Waals surface area (Å²) in [6.07, 6.45) is 1.20. The van der Waals surface area contributed by atoms with Crippen molar-refractivity contribution in [2.75, 3.05) is 19.8 Å². The molecule has 0 spiro atoms. The van der Waals surface area contributed by atoms with E-state index in [-0.39, 0.29) is 11.9 Å². The molecular weight excluding hydrogens is 192 g/mol. The van der Waals surface area contributed by atoms with Gasteiger partial charge in [-0.15, -0.1) is 0 Å². The first-order chi connectivity index (χ1) is 7.02. The first-order valence-electron chi connectivity index (χ1n) is 5.26. The van der Waals surface area contributed by atoms with Gasteiger partial charge in [0.25, 0.3) is 0 Å². The molecular formula is C11H22N2O2. The molecule has 88 valence electrons. The van der Waals surface area contributed by atoms with E-state index >= 15 is 0 Å². The second kappa shape index (κ2) is 8.44. The number of nitrogens with one attached hydrogen (secondary N) is 1. The van der Waals surface area contributed by atoms with Crippen molar-refractivity contribution in [2.24, 2.45) is 5.73 Å². The van der Waals surface area contributed by atoms with Crippen molar-refractivity contribution in [3.63, 3.8) is 0 Å². The molecule has 1 unspecified atom stereocenters. The van der Waals surface area contributed by atoms with Crippen molar-refractivity contribution < 1.29 is 9.53 Å². The lowest BCUT2D eigenvalue weighted by Crippen LogP contribution is -2.28. The summed E-state index contributed by atoms with van der Waals surface area (Å²) in [6, 6.07) is 0.0791. The Morgan fingerprint density at radius 1 is 1.60 bits per heavy atom. The molecule has 15 heavy (non-hydrogen) atoms. The second-order valence-corrected chi connectivity index (χ2v) is 3.88. The Hall–Kier alpha value is -0.870. The van der Waals surface area contributed by atoms with Gasteiger partial charge in [0, 0.05) is 19.0 Å². The fraction of sp³-hybridized carbons (Fsp3) is 0.727. The molecule has 0 rings (SSSR count). The molecule has 0 aliphatic rings. The van der Waals surface area contributed by atoms with Crippen LogP contribution in [0.4, 0.5) is 0 Å². The van der Waals surface area contributed by atoms with E-state index in [1.807, 2.05) is 13.8 Å². The Balaban J connectivity index is 3.28. The molecule has 0 heterocycles. The third-order valence-corrected chi connectivity index (χ3v) is 1.74. The molecule has 0 aromatic rings. The summed E-state index contributed by atoms with van der Waals surface area (Å²) in [7, 11) is 0. The number of carbonyl (C=O) groups is 1. The molecule has 3 N–H and O–H groups in total. The van der Waals surface area contributed by atoms with Crippen LogP contribution in [0.5, 0.6) is 0 Å². The molecule has 1 amide bonds. The van der Waals surface area contributed by atoms with Crippen molar-refractivity contribution in [1.82, 2.24) is 5.32 Å². The Morgan fingerprint density at radius 2 is 2.27 bits per heavy atom. The van der Waals surface area contributed by atoms with Crippen LogP contribution in [0.15, 0.2) is 12.2 Å². The summed E-state index contributed by atoms with van der Waals surface area (Å²) in [5, 5.41) is 2.76. The van der Waals surface area contributed by atoms with Crippen LogP contribution in [0.2, 0.25) is 0 Å². The minimum absolute atomic E-state index is 0.0335. The SMILES string of the molecule is C=C(C)COCCNC(=O)CCC(C)N. The molecule has 0 bridgehead atoms. The molecule has 0 saturated carbocycles. The molecule has 0 radical (unpaired) electrons. The number of ether oxygens (including phenoxy) is 1. The monoisotopic (exact) mass is 214 g/mol. The van der Waals surface area contributed by atoms with Gasteiger partial charge in [-0.05, 0) is 20.3 Å². The summed E-state index contributed by atoms with van der Waals surface area (Å²) >= 11 is 0. The van der Waals surface area contributed by atoms with Gasteiger partial charge in [0.2, 0.25) is 5.91 Å². The number of carbonyl (C=O) groups excluding carboxylic acids is 1. The number of hydrogen-bond donors (Lipinski definition) is 2. The van der Waals surface area contributed by atoms with E-state index in [9.17, 15) is 4.79 Å². The zero-order chi connectivity index (χ0) is 11.7. The van der Waals surface area contributed by atoms with Gasteiger partial charge in [-0.25, -0.2) is 0 Å². The Kier molecular flexibility index (Phi) is 7.95. The topological polar surface area (TPSA) is 64.3 Å². The summed E-state index contributed by atoms with van der Waals surface area (Å²) in [5.41, 5.74) is 6.52. The predicted octanol–water partition coefficient (Wildman–Crippen LogP) is 0.823. The molecule has 0 aromatic heterocycles. The molecule has 0 aliphatic carbocycles.